The van der Waals surface area contributed by atoms with Crippen molar-refractivity contribution in [3.05, 3.63) is 35.4 Å². The van der Waals surface area contributed by atoms with Gasteiger partial charge in [-0.25, -0.2) is 13.6 Å². The number of aliphatic imine (C=N–C) groups is 1. The molecule has 1 aromatic carbocycles. The fourth-order valence-electron chi connectivity index (χ4n) is 1.88. The summed E-state index contributed by atoms with van der Waals surface area (Å²) >= 11 is 0. The lowest BCUT2D eigenvalue weighted by Gasteiger charge is -2.23. The summed E-state index contributed by atoms with van der Waals surface area (Å²) in [5.41, 5.74) is 5.61. The molecule has 0 saturated carbocycles. The molecule has 4 nitrogen and oxygen atoms in total. The first-order chi connectivity index (χ1) is 8.04. The van der Waals surface area contributed by atoms with Crippen LogP contribution in [-0.4, -0.2) is 23.3 Å². The average Bonchev–Trinajstić information content (AvgIpc) is 2.56. The number of urea groups is 1. The molecule has 90 valence electrons. The molecule has 17 heavy (non-hydrogen) atoms. The molecule has 0 aliphatic carbocycles. The van der Waals surface area contributed by atoms with Gasteiger partial charge in [-0.3, -0.25) is 0 Å². The van der Waals surface area contributed by atoms with Gasteiger partial charge in [0.2, 0.25) is 0 Å². The van der Waals surface area contributed by atoms with Gasteiger partial charge in [-0.2, -0.15) is 4.99 Å². The number of hydrogen-bond donors (Lipinski definition) is 1. The van der Waals surface area contributed by atoms with Crippen LogP contribution in [-0.2, 0) is 0 Å². The van der Waals surface area contributed by atoms with Crippen LogP contribution in [0, 0.1) is 11.6 Å². The summed E-state index contributed by atoms with van der Waals surface area (Å²) in [7, 11) is 0. The average molecular weight is 239 g/mol. The van der Waals surface area contributed by atoms with Gasteiger partial charge in [-0.05, 0) is 25.1 Å². The number of amidine groups is 1. The zero-order valence-corrected chi connectivity index (χ0v) is 9.15. The molecule has 2 N–H and O–H groups in total. The van der Waals surface area contributed by atoms with Crippen molar-refractivity contribution >= 4 is 11.9 Å². The molecule has 0 spiro atoms. The number of carbonyl (C=O) groups excluding carboxylic acids is 1. The Hall–Kier alpha value is -1.98. The summed E-state index contributed by atoms with van der Waals surface area (Å²) in [6, 6.07) is 1.71. The Labute approximate surface area is 96.7 Å². The molecule has 1 atom stereocenters. The highest BCUT2D eigenvalue weighted by Gasteiger charge is 2.35. The fraction of sp³-hybridized carbons (Fsp3) is 0.273. The lowest BCUT2D eigenvalue weighted by Crippen LogP contribution is -2.33. The normalized spacial score (nSPS) is 19.7. The molecule has 1 heterocycles. The van der Waals surface area contributed by atoms with E-state index in [9.17, 15) is 13.6 Å². The van der Waals surface area contributed by atoms with Crippen molar-refractivity contribution in [2.24, 2.45) is 10.7 Å². The minimum absolute atomic E-state index is 0.0126. The molecule has 0 bridgehead atoms. The Morgan fingerprint density at radius 2 is 2.18 bits per heavy atom. The van der Waals surface area contributed by atoms with E-state index >= 15 is 0 Å². The summed E-state index contributed by atoms with van der Waals surface area (Å²) in [5, 5.41) is 0. The second-order valence-corrected chi connectivity index (χ2v) is 3.67. The van der Waals surface area contributed by atoms with Gasteiger partial charge >= 0.3 is 6.03 Å². The first kappa shape index (κ1) is 11.5. The van der Waals surface area contributed by atoms with Crippen molar-refractivity contribution in [1.82, 2.24) is 4.90 Å². The van der Waals surface area contributed by atoms with Crippen LogP contribution in [0.15, 0.2) is 23.2 Å². The van der Waals surface area contributed by atoms with Gasteiger partial charge in [0.1, 0.15) is 23.5 Å². The van der Waals surface area contributed by atoms with E-state index in [-0.39, 0.29) is 11.4 Å². The van der Waals surface area contributed by atoms with E-state index in [0.717, 1.165) is 18.2 Å². The Morgan fingerprint density at radius 1 is 1.47 bits per heavy atom. The first-order valence-corrected chi connectivity index (χ1v) is 5.14. The predicted molar refractivity (Wildman–Crippen MR) is 58.5 cm³/mol. The van der Waals surface area contributed by atoms with E-state index in [0.29, 0.717) is 6.54 Å². The van der Waals surface area contributed by atoms with Crippen LogP contribution < -0.4 is 5.73 Å². The van der Waals surface area contributed by atoms with E-state index < -0.39 is 23.7 Å². The van der Waals surface area contributed by atoms with E-state index in [1.54, 1.807) is 6.92 Å². The van der Waals surface area contributed by atoms with Crippen LogP contribution in [0.3, 0.4) is 0 Å². The van der Waals surface area contributed by atoms with E-state index in [1.165, 1.54) is 4.90 Å². The topological polar surface area (TPSA) is 58.7 Å². The quantitative estimate of drug-likeness (QED) is 0.855. The van der Waals surface area contributed by atoms with Crippen LogP contribution in [0.2, 0.25) is 0 Å². The van der Waals surface area contributed by atoms with Gasteiger partial charge in [-0.15, -0.1) is 0 Å². The Morgan fingerprint density at radius 3 is 2.82 bits per heavy atom. The summed E-state index contributed by atoms with van der Waals surface area (Å²) in [6.07, 6.45) is 0. The van der Waals surface area contributed by atoms with Crippen LogP contribution in [0.4, 0.5) is 13.6 Å². The van der Waals surface area contributed by atoms with Gasteiger partial charge in [0.05, 0.1) is 0 Å². The predicted octanol–water partition coefficient (Wildman–Crippen LogP) is 1.82. The molecular weight excluding hydrogens is 228 g/mol. The second kappa shape index (κ2) is 4.12. The van der Waals surface area contributed by atoms with Gasteiger partial charge in [0.15, 0.2) is 0 Å². The van der Waals surface area contributed by atoms with Gasteiger partial charge in [0.25, 0.3) is 0 Å². The number of halogens is 2. The lowest BCUT2D eigenvalue weighted by atomic mass is 10.0. The number of hydrogen-bond acceptors (Lipinski definition) is 2. The molecule has 2 rings (SSSR count). The number of carbonyl (C=O) groups is 1. The van der Waals surface area contributed by atoms with Crippen molar-refractivity contribution in [2.45, 2.75) is 13.0 Å². The van der Waals surface area contributed by atoms with Gasteiger partial charge in [0, 0.05) is 12.1 Å². The monoisotopic (exact) mass is 239 g/mol. The molecule has 0 radical (unpaired) electrons. The van der Waals surface area contributed by atoms with Crippen molar-refractivity contribution in [2.75, 3.05) is 6.54 Å². The number of nitrogens with zero attached hydrogens (tertiary/aromatic N) is 2. The number of likely N-dealkylation sites (N-methyl/N-ethyl adjacent to an activating group) is 1. The standard InChI is InChI=1S/C11H11F2N3O/c1-2-16-9(10(14)15-11(16)17)7-5-6(12)3-4-8(7)13/h3-5,9H,2H2,1H3,(H2,14,15,17). The second-order valence-electron chi connectivity index (χ2n) is 3.67. The largest absolute Gasteiger partial charge is 0.385 e. The van der Waals surface area contributed by atoms with E-state index in [2.05, 4.69) is 4.99 Å². The van der Waals surface area contributed by atoms with E-state index in [1.807, 2.05) is 0 Å². The summed E-state index contributed by atoms with van der Waals surface area (Å²) < 4.78 is 26.7. The van der Waals surface area contributed by atoms with Crippen molar-refractivity contribution in [3.8, 4) is 0 Å². The third kappa shape index (κ3) is 1.86. The molecule has 2 amide bonds. The van der Waals surface area contributed by atoms with Crippen molar-refractivity contribution in [3.63, 3.8) is 0 Å². The maximum atomic E-state index is 13.6. The maximum Gasteiger partial charge on any atom is 0.346 e. The van der Waals surface area contributed by atoms with Crippen LogP contribution in [0.25, 0.3) is 0 Å². The molecule has 1 aromatic rings. The minimum Gasteiger partial charge on any atom is -0.385 e. The molecular formula is C11H11F2N3O. The lowest BCUT2D eigenvalue weighted by molar-refractivity contribution is 0.209. The van der Waals surface area contributed by atoms with Crippen molar-refractivity contribution < 1.29 is 13.6 Å². The Bertz CT molecular complexity index is 501. The molecule has 0 saturated heterocycles. The molecule has 1 aliphatic heterocycles. The summed E-state index contributed by atoms with van der Waals surface area (Å²) in [6.45, 7) is 2.04. The highest BCUT2D eigenvalue weighted by molar-refractivity contribution is 6.03. The van der Waals surface area contributed by atoms with Crippen molar-refractivity contribution in [1.29, 1.82) is 0 Å². The number of nitrogens with two attached hydrogens (primary N) is 1. The van der Waals surface area contributed by atoms with E-state index in [4.69, 9.17) is 5.73 Å². The molecule has 0 fully saturated rings. The SMILES string of the molecule is CCN1C(=O)N=C(N)C1c1cc(F)ccc1F. The minimum atomic E-state index is -0.816. The first-order valence-electron chi connectivity index (χ1n) is 5.14. The third-order valence-corrected chi connectivity index (χ3v) is 2.66. The van der Waals surface area contributed by atoms with Gasteiger partial charge < -0.3 is 10.6 Å². The molecule has 1 unspecified atom stereocenters. The third-order valence-electron chi connectivity index (χ3n) is 2.66. The molecule has 1 aliphatic rings. The highest BCUT2D eigenvalue weighted by atomic mass is 19.1. The fourth-order valence-corrected chi connectivity index (χ4v) is 1.88. The van der Waals surface area contributed by atoms with Gasteiger partial charge in [-0.1, -0.05) is 0 Å². The Kier molecular flexibility index (Phi) is 2.79. The summed E-state index contributed by atoms with van der Waals surface area (Å²) in [5.74, 6) is -1.20. The van der Waals surface area contributed by atoms with Crippen LogP contribution >= 0.6 is 0 Å². The summed E-state index contributed by atoms with van der Waals surface area (Å²) in [4.78, 5) is 16.3. The number of amides is 2. The highest BCUT2D eigenvalue weighted by Crippen LogP contribution is 2.28. The zero-order valence-electron chi connectivity index (χ0n) is 9.15. The van der Waals surface area contributed by atoms with Crippen LogP contribution in [0.5, 0.6) is 0 Å². The Balaban J connectivity index is 2.48. The smallest absolute Gasteiger partial charge is 0.346 e. The number of rotatable bonds is 2. The van der Waals surface area contributed by atoms with Crippen LogP contribution in [0.1, 0.15) is 18.5 Å². The molecule has 6 heteroatoms. The maximum absolute atomic E-state index is 13.6. The number of benzene rings is 1. The molecule has 0 aromatic heterocycles. The zero-order chi connectivity index (χ0) is 12.6.